The minimum absolute atomic E-state index is 0.232. The highest BCUT2D eigenvalue weighted by Crippen LogP contribution is 2.57. The first-order valence-corrected chi connectivity index (χ1v) is 5.39. The van der Waals surface area contributed by atoms with Gasteiger partial charge in [-0.05, 0) is 5.82 Å². The molecule has 15 heavy (non-hydrogen) atoms. The Bertz CT molecular complexity index is 349. The number of fused-ring (bicyclic) bond motifs is 1. The van der Waals surface area contributed by atoms with Crippen molar-refractivity contribution in [2.45, 2.75) is 19.2 Å². The van der Waals surface area contributed by atoms with Crippen LogP contribution in [0.5, 0.6) is 0 Å². The summed E-state index contributed by atoms with van der Waals surface area (Å²) in [6.07, 6.45) is 0.994. The molecule has 1 unspecified atom stereocenters. The van der Waals surface area contributed by atoms with E-state index in [1.807, 2.05) is 7.05 Å². The van der Waals surface area contributed by atoms with Crippen LogP contribution in [0.3, 0.4) is 0 Å². The summed E-state index contributed by atoms with van der Waals surface area (Å²) in [4.78, 5) is 22.8. The molecule has 3 rings (SSSR count). The van der Waals surface area contributed by atoms with Gasteiger partial charge in [0.2, 0.25) is 0 Å². The Morgan fingerprint density at radius 1 is 1.27 bits per heavy atom. The number of quaternary nitrogens is 1. The molecule has 0 radical (unpaired) electrons. The van der Waals surface area contributed by atoms with Gasteiger partial charge < -0.3 is 13.7 Å². The average molecular weight is 211 g/mol. The highest BCUT2D eigenvalue weighted by molar-refractivity contribution is 6.68. The van der Waals surface area contributed by atoms with Crippen LogP contribution in [0.25, 0.3) is 0 Å². The fraction of sp³-hybridized carbons (Fsp3) is 0.778. The number of rotatable bonds is 1. The monoisotopic (exact) mass is 211 g/mol. The maximum atomic E-state index is 11.4. The Kier molecular flexibility index (Phi) is 1.46. The summed E-state index contributed by atoms with van der Waals surface area (Å²) in [6.45, 7) is 0.913. The van der Waals surface area contributed by atoms with Crippen molar-refractivity contribution in [3.05, 3.63) is 0 Å². The minimum Gasteiger partial charge on any atom is -0.600 e. The normalized spacial score (nSPS) is 52.4. The summed E-state index contributed by atoms with van der Waals surface area (Å²) in [5, 5.41) is 0. The van der Waals surface area contributed by atoms with Crippen molar-refractivity contribution in [1.82, 2.24) is 0 Å². The maximum Gasteiger partial charge on any atom is 0.587 e. The number of carbonyl (C=O) groups is 2. The van der Waals surface area contributed by atoms with Crippen LogP contribution >= 0.6 is 0 Å². The Morgan fingerprint density at radius 2 is 1.73 bits per heavy atom. The second kappa shape index (κ2) is 2.37. The second-order valence-electron chi connectivity index (χ2n) is 5.38. The Hall–Kier alpha value is -1.04. The maximum absolute atomic E-state index is 11.4. The fourth-order valence-corrected chi connectivity index (χ4v) is 3.20. The summed E-state index contributed by atoms with van der Waals surface area (Å²) in [6, 6.07) is 0. The van der Waals surface area contributed by atoms with Gasteiger partial charge in [-0.25, -0.2) is 0 Å². The van der Waals surface area contributed by atoms with Gasteiger partial charge in [0.05, 0.1) is 0 Å². The quantitative estimate of drug-likeness (QED) is 0.568. The lowest BCUT2D eigenvalue weighted by Crippen LogP contribution is -2.60. The molecule has 0 N–H and O–H groups in total. The highest BCUT2D eigenvalue weighted by atomic mass is 16.7. The van der Waals surface area contributed by atoms with Crippen LogP contribution in [-0.4, -0.2) is 43.2 Å². The molecule has 3 aliphatic rings. The molecule has 0 amide bonds. The lowest BCUT2D eigenvalue weighted by Gasteiger charge is -2.40. The number of nitrogens with zero attached hydrogens (tertiary/aromatic N) is 1. The van der Waals surface area contributed by atoms with Crippen molar-refractivity contribution < 1.29 is 23.3 Å². The topological polar surface area (TPSA) is 52.6 Å². The van der Waals surface area contributed by atoms with E-state index < -0.39 is 6.69 Å². The first-order chi connectivity index (χ1) is 6.97. The van der Waals surface area contributed by atoms with Crippen LogP contribution in [0.15, 0.2) is 0 Å². The molecule has 82 valence electrons. The van der Waals surface area contributed by atoms with Gasteiger partial charge in [0.25, 0.3) is 0 Å². The number of hydrogen-bond donors (Lipinski definition) is 0. The van der Waals surface area contributed by atoms with E-state index in [1.165, 1.54) is 0 Å². The Balaban J connectivity index is 2.02. The molecule has 0 aromatic carbocycles. The van der Waals surface area contributed by atoms with E-state index in [4.69, 9.17) is 9.31 Å². The molecule has 5 nitrogen and oxygen atoms in total. The molecule has 0 bridgehead atoms. The van der Waals surface area contributed by atoms with E-state index in [1.54, 1.807) is 0 Å². The molecule has 2 aliphatic heterocycles. The van der Waals surface area contributed by atoms with Gasteiger partial charge in [-0.15, -0.1) is 0 Å². The molecule has 0 aromatic rings. The summed E-state index contributed by atoms with van der Waals surface area (Å²) in [5.74, 6) is 0.278. The zero-order valence-electron chi connectivity index (χ0n) is 8.93. The van der Waals surface area contributed by atoms with Gasteiger partial charge in [-0.3, -0.25) is 9.59 Å². The van der Waals surface area contributed by atoms with Gasteiger partial charge in [-0.2, -0.15) is 0 Å². The van der Waals surface area contributed by atoms with Gasteiger partial charge in [0.1, 0.15) is 13.1 Å². The van der Waals surface area contributed by atoms with E-state index in [0.29, 0.717) is 10.3 Å². The molecular weight excluding hydrogens is 197 g/mol. The average Bonchev–Trinajstić information content (AvgIpc) is 2.66. The van der Waals surface area contributed by atoms with Crippen molar-refractivity contribution >= 4 is 18.6 Å². The van der Waals surface area contributed by atoms with E-state index in [-0.39, 0.29) is 30.8 Å². The van der Waals surface area contributed by atoms with Gasteiger partial charge in [-0.1, -0.05) is 19.3 Å². The SMILES string of the molecule is C[C@H]1CC1[B-]12OC(=O)C[N+]1(C)CC(=O)O2. The molecule has 2 saturated heterocycles. The lowest BCUT2D eigenvalue weighted by molar-refractivity contribution is -0.794. The largest absolute Gasteiger partial charge is 0.600 e. The zero-order chi connectivity index (χ0) is 10.8. The minimum atomic E-state index is -1.73. The van der Waals surface area contributed by atoms with Crippen LogP contribution in [-0.2, 0) is 18.9 Å². The first-order valence-electron chi connectivity index (χ1n) is 5.39. The molecular formula is C9H14BNO4. The predicted octanol–water partition coefficient (Wildman–Crippen LogP) is -0.105. The number of likely N-dealkylation sites (N-methyl/N-ethyl adjacent to an activating group) is 1. The van der Waals surface area contributed by atoms with Gasteiger partial charge >= 0.3 is 18.6 Å². The third kappa shape index (κ3) is 0.976. The van der Waals surface area contributed by atoms with E-state index in [2.05, 4.69) is 6.92 Å². The lowest BCUT2D eigenvalue weighted by atomic mass is 9.61. The van der Waals surface area contributed by atoms with Crippen molar-refractivity contribution in [2.24, 2.45) is 5.92 Å². The van der Waals surface area contributed by atoms with Gasteiger partial charge in [0.15, 0.2) is 0 Å². The Morgan fingerprint density at radius 3 is 2.13 bits per heavy atom. The summed E-state index contributed by atoms with van der Waals surface area (Å²) in [5.41, 5.74) is 0. The number of hydrogen-bond acceptors (Lipinski definition) is 4. The molecule has 1 aliphatic carbocycles. The van der Waals surface area contributed by atoms with Crippen molar-refractivity contribution in [3.63, 3.8) is 0 Å². The third-order valence-electron chi connectivity index (χ3n) is 4.16. The van der Waals surface area contributed by atoms with Crippen LogP contribution in [0.2, 0.25) is 5.82 Å². The smallest absolute Gasteiger partial charge is 0.587 e. The van der Waals surface area contributed by atoms with Crippen LogP contribution in [0.4, 0.5) is 0 Å². The molecule has 6 heteroatoms. The van der Waals surface area contributed by atoms with Crippen molar-refractivity contribution in [1.29, 1.82) is 0 Å². The van der Waals surface area contributed by atoms with Crippen molar-refractivity contribution in [3.8, 4) is 0 Å². The van der Waals surface area contributed by atoms with Crippen LogP contribution in [0, 0.1) is 5.92 Å². The fourth-order valence-electron chi connectivity index (χ4n) is 3.20. The molecule has 1 saturated carbocycles. The predicted molar refractivity (Wildman–Crippen MR) is 51.4 cm³/mol. The summed E-state index contributed by atoms with van der Waals surface area (Å²) < 4.78 is 11.1. The van der Waals surface area contributed by atoms with E-state index in [9.17, 15) is 9.59 Å². The van der Waals surface area contributed by atoms with Gasteiger partial charge in [0, 0.05) is 7.05 Å². The first kappa shape index (κ1) is 9.21. The Labute approximate surface area is 87.9 Å². The summed E-state index contributed by atoms with van der Waals surface area (Å²) in [7, 11) is 1.89. The molecule has 0 aromatic heterocycles. The highest BCUT2D eigenvalue weighted by Gasteiger charge is 2.73. The van der Waals surface area contributed by atoms with E-state index in [0.717, 1.165) is 6.42 Å². The van der Waals surface area contributed by atoms with Crippen LogP contribution in [0.1, 0.15) is 13.3 Å². The number of carbonyl (C=O) groups excluding carboxylic acids is 2. The van der Waals surface area contributed by atoms with Crippen molar-refractivity contribution in [2.75, 3.05) is 20.1 Å². The third-order valence-corrected chi connectivity index (χ3v) is 4.16. The second-order valence-corrected chi connectivity index (χ2v) is 5.38. The van der Waals surface area contributed by atoms with Crippen LogP contribution < -0.4 is 0 Å². The molecule has 2 atom stereocenters. The summed E-state index contributed by atoms with van der Waals surface area (Å²) >= 11 is 0. The zero-order valence-corrected chi connectivity index (χ0v) is 8.93. The molecule has 2 heterocycles. The molecule has 0 spiro atoms. The van der Waals surface area contributed by atoms with E-state index >= 15 is 0 Å². The standard InChI is InChI=1S/C9H14BNO4/c1-6-3-7(6)10-11(2,4-8(12)14-10)5-9(13)15-10/h6-7H,3-5H2,1-2H3/t6-,7?,10?,11?/m0/s1. The molecule has 3 fully saturated rings.